The number of carbonyl (C=O) groups is 1. The first-order chi connectivity index (χ1) is 8.69. The number of rotatable bonds is 3. The number of methoxy groups -OCH3 is 1. The van der Waals surface area contributed by atoms with Crippen molar-refractivity contribution < 1.29 is 14.6 Å². The molecule has 1 aromatic carbocycles. The lowest BCUT2D eigenvalue weighted by molar-refractivity contribution is -0.130. The molecule has 0 aliphatic carbocycles. The second-order valence-corrected chi connectivity index (χ2v) is 4.41. The lowest BCUT2D eigenvalue weighted by Crippen LogP contribution is -2.36. The average Bonchev–Trinajstić information content (AvgIpc) is 2.53. The first-order valence-corrected chi connectivity index (χ1v) is 5.98. The van der Waals surface area contributed by atoms with Crippen molar-refractivity contribution in [2.75, 3.05) is 26.7 Å². The van der Waals surface area contributed by atoms with Gasteiger partial charge < -0.3 is 20.1 Å². The van der Waals surface area contributed by atoms with E-state index in [9.17, 15) is 9.90 Å². The zero-order chi connectivity index (χ0) is 13.0. The Morgan fingerprint density at radius 1 is 1.44 bits per heavy atom. The second-order valence-electron chi connectivity index (χ2n) is 4.41. The van der Waals surface area contributed by atoms with Crippen molar-refractivity contribution in [3.63, 3.8) is 0 Å². The number of hydrogen-bond donors (Lipinski definition) is 2. The van der Waals surface area contributed by atoms with Gasteiger partial charge in [-0.25, -0.2) is 0 Å². The summed E-state index contributed by atoms with van der Waals surface area (Å²) in [5.74, 6) is 0.810. The summed E-state index contributed by atoms with van der Waals surface area (Å²) in [4.78, 5) is 13.5. The highest BCUT2D eigenvalue weighted by molar-refractivity contribution is 5.78. The van der Waals surface area contributed by atoms with Gasteiger partial charge in [0.25, 0.3) is 0 Å². The van der Waals surface area contributed by atoms with E-state index in [0.717, 1.165) is 11.3 Å². The van der Waals surface area contributed by atoms with Crippen molar-refractivity contribution in [3.8, 4) is 5.75 Å². The summed E-state index contributed by atoms with van der Waals surface area (Å²) in [5.41, 5.74) is 1.03. The fourth-order valence-corrected chi connectivity index (χ4v) is 1.98. The van der Waals surface area contributed by atoms with E-state index in [1.54, 1.807) is 12.0 Å². The molecule has 0 saturated carbocycles. The van der Waals surface area contributed by atoms with E-state index in [2.05, 4.69) is 5.32 Å². The van der Waals surface area contributed by atoms with Gasteiger partial charge in [0.2, 0.25) is 5.91 Å². The quantitative estimate of drug-likeness (QED) is 0.792. The van der Waals surface area contributed by atoms with Gasteiger partial charge in [0.05, 0.1) is 19.8 Å². The number of aliphatic hydroxyl groups is 1. The van der Waals surface area contributed by atoms with Crippen LogP contribution in [0.15, 0.2) is 24.3 Å². The Bertz CT molecular complexity index is 405. The van der Waals surface area contributed by atoms with E-state index in [1.165, 1.54) is 0 Å². The Morgan fingerprint density at radius 2 is 2.17 bits per heavy atom. The van der Waals surface area contributed by atoms with Gasteiger partial charge in [-0.15, -0.1) is 0 Å². The van der Waals surface area contributed by atoms with Gasteiger partial charge in [-0.2, -0.15) is 0 Å². The molecular formula is C13H18N2O3. The van der Waals surface area contributed by atoms with Crippen LogP contribution >= 0.6 is 0 Å². The van der Waals surface area contributed by atoms with E-state index in [0.29, 0.717) is 19.6 Å². The van der Waals surface area contributed by atoms with Crippen molar-refractivity contribution in [2.45, 2.75) is 12.6 Å². The molecule has 1 atom stereocenters. The van der Waals surface area contributed by atoms with Crippen LogP contribution in [0.1, 0.15) is 5.56 Å². The van der Waals surface area contributed by atoms with Gasteiger partial charge in [0.15, 0.2) is 0 Å². The van der Waals surface area contributed by atoms with E-state index >= 15 is 0 Å². The molecule has 0 aromatic heterocycles. The van der Waals surface area contributed by atoms with Crippen LogP contribution in [0.25, 0.3) is 0 Å². The SMILES string of the molecule is COc1ccc(CN2CC(O)CNCC2=O)cc1. The minimum absolute atomic E-state index is 0.0161. The zero-order valence-corrected chi connectivity index (χ0v) is 10.4. The molecule has 2 rings (SSSR count). The molecule has 1 aromatic rings. The third kappa shape index (κ3) is 3.21. The highest BCUT2D eigenvalue weighted by atomic mass is 16.5. The number of nitrogens with zero attached hydrogens (tertiary/aromatic N) is 1. The topological polar surface area (TPSA) is 61.8 Å². The summed E-state index contributed by atoms with van der Waals surface area (Å²) < 4.78 is 5.09. The maximum atomic E-state index is 11.8. The lowest BCUT2D eigenvalue weighted by atomic mass is 10.2. The van der Waals surface area contributed by atoms with Gasteiger partial charge in [-0.05, 0) is 17.7 Å². The molecule has 1 heterocycles. The summed E-state index contributed by atoms with van der Waals surface area (Å²) in [7, 11) is 1.62. The Labute approximate surface area is 106 Å². The third-order valence-corrected chi connectivity index (χ3v) is 2.97. The Balaban J connectivity index is 2.03. The molecule has 0 radical (unpaired) electrons. The third-order valence-electron chi connectivity index (χ3n) is 2.97. The highest BCUT2D eigenvalue weighted by Gasteiger charge is 2.21. The van der Waals surface area contributed by atoms with Crippen LogP contribution < -0.4 is 10.1 Å². The number of benzene rings is 1. The summed E-state index contributed by atoms with van der Waals surface area (Å²) in [6, 6.07) is 7.59. The van der Waals surface area contributed by atoms with Crippen LogP contribution in [-0.2, 0) is 11.3 Å². The highest BCUT2D eigenvalue weighted by Crippen LogP contribution is 2.13. The Morgan fingerprint density at radius 3 is 2.83 bits per heavy atom. The van der Waals surface area contributed by atoms with Gasteiger partial charge in [-0.3, -0.25) is 4.79 Å². The number of amides is 1. The molecule has 1 amide bonds. The number of nitrogens with one attached hydrogen (secondary N) is 1. The predicted octanol–water partition coefficient (Wildman–Crippen LogP) is -0.0121. The normalized spacial score (nSPS) is 20.7. The minimum Gasteiger partial charge on any atom is -0.497 e. The fourth-order valence-electron chi connectivity index (χ4n) is 1.98. The van der Waals surface area contributed by atoms with Gasteiger partial charge in [0, 0.05) is 19.6 Å². The maximum Gasteiger partial charge on any atom is 0.236 e. The predicted molar refractivity (Wildman–Crippen MR) is 67.3 cm³/mol. The van der Waals surface area contributed by atoms with E-state index in [4.69, 9.17) is 4.74 Å². The number of β-amino-alcohol motifs (C(OH)–C–C–N with tert-alkyl or cyclic N) is 1. The minimum atomic E-state index is -0.505. The van der Waals surface area contributed by atoms with Crippen LogP contribution in [0.5, 0.6) is 5.75 Å². The molecule has 5 nitrogen and oxygen atoms in total. The van der Waals surface area contributed by atoms with Gasteiger partial charge in [0.1, 0.15) is 5.75 Å². The van der Waals surface area contributed by atoms with Crippen molar-refractivity contribution >= 4 is 5.91 Å². The standard InChI is InChI=1S/C13H18N2O3/c1-18-12-4-2-10(3-5-12)8-15-9-11(16)6-14-7-13(15)17/h2-5,11,14,16H,6-9H2,1H3. The van der Waals surface area contributed by atoms with Crippen LogP contribution in [0.3, 0.4) is 0 Å². The monoisotopic (exact) mass is 250 g/mol. The van der Waals surface area contributed by atoms with Crippen molar-refractivity contribution in [1.29, 1.82) is 0 Å². The summed E-state index contributed by atoms with van der Waals surface area (Å²) in [5, 5.41) is 12.6. The molecule has 1 aliphatic heterocycles. The molecule has 5 heteroatoms. The second kappa shape index (κ2) is 5.84. The molecule has 18 heavy (non-hydrogen) atoms. The first kappa shape index (κ1) is 12.9. The zero-order valence-electron chi connectivity index (χ0n) is 10.4. The average molecular weight is 250 g/mol. The fraction of sp³-hybridized carbons (Fsp3) is 0.462. The van der Waals surface area contributed by atoms with Crippen LogP contribution in [0, 0.1) is 0 Å². The molecule has 2 N–H and O–H groups in total. The van der Waals surface area contributed by atoms with Crippen LogP contribution in [0.2, 0.25) is 0 Å². The molecule has 98 valence electrons. The first-order valence-electron chi connectivity index (χ1n) is 5.98. The summed E-state index contributed by atoms with van der Waals surface area (Å²) in [6.45, 7) is 1.64. The molecular weight excluding hydrogens is 232 g/mol. The Hall–Kier alpha value is -1.59. The number of carbonyl (C=O) groups excluding carboxylic acids is 1. The smallest absolute Gasteiger partial charge is 0.236 e. The Kier molecular flexibility index (Phi) is 4.17. The largest absolute Gasteiger partial charge is 0.497 e. The molecule has 1 fully saturated rings. The maximum absolute atomic E-state index is 11.8. The van der Waals surface area contributed by atoms with E-state index in [1.807, 2.05) is 24.3 Å². The van der Waals surface area contributed by atoms with E-state index < -0.39 is 6.10 Å². The van der Waals surface area contributed by atoms with Crippen LogP contribution in [-0.4, -0.2) is 48.8 Å². The number of ether oxygens (including phenoxy) is 1. The van der Waals surface area contributed by atoms with Crippen molar-refractivity contribution in [3.05, 3.63) is 29.8 Å². The molecule has 0 spiro atoms. The summed E-state index contributed by atoms with van der Waals surface area (Å²) in [6.07, 6.45) is -0.505. The number of aliphatic hydroxyl groups excluding tert-OH is 1. The molecule has 1 saturated heterocycles. The van der Waals surface area contributed by atoms with Gasteiger partial charge in [-0.1, -0.05) is 12.1 Å². The lowest BCUT2D eigenvalue weighted by Gasteiger charge is -2.22. The van der Waals surface area contributed by atoms with E-state index in [-0.39, 0.29) is 12.5 Å². The van der Waals surface area contributed by atoms with Crippen molar-refractivity contribution in [2.24, 2.45) is 0 Å². The molecule has 1 aliphatic rings. The molecule has 0 bridgehead atoms. The summed E-state index contributed by atoms with van der Waals surface area (Å²) >= 11 is 0. The van der Waals surface area contributed by atoms with Crippen molar-refractivity contribution in [1.82, 2.24) is 10.2 Å². The number of hydrogen-bond acceptors (Lipinski definition) is 4. The molecule has 1 unspecified atom stereocenters. The van der Waals surface area contributed by atoms with Crippen LogP contribution in [0.4, 0.5) is 0 Å². The van der Waals surface area contributed by atoms with Gasteiger partial charge >= 0.3 is 0 Å².